The minimum absolute atomic E-state index is 0.820. The topological polar surface area (TPSA) is 146 Å². The molecule has 10 heteroatoms. The van der Waals surface area contributed by atoms with E-state index in [1.807, 2.05) is 0 Å². The lowest BCUT2D eigenvalue weighted by atomic mass is 9.84. The molecule has 10 nitrogen and oxygen atoms in total. The van der Waals surface area contributed by atoms with Gasteiger partial charge in [-0.2, -0.15) is 0 Å². The smallest absolute Gasteiger partial charge is 0.303 e. The Morgan fingerprint density at radius 3 is 0.958 bits per heavy atom. The molecule has 1 fully saturated rings. The van der Waals surface area contributed by atoms with Crippen molar-refractivity contribution >= 4 is 23.9 Å². The molecule has 1 saturated carbocycles. The van der Waals surface area contributed by atoms with Gasteiger partial charge in [0, 0.05) is 27.7 Å². The van der Waals surface area contributed by atoms with Crippen LogP contribution in [-0.2, 0) is 38.1 Å². The molecule has 0 bridgehead atoms. The quantitative estimate of drug-likeness (QED) is 0.452. The highest BCUT2D eigenvalue weighted by Gasteiger charge is 2.56. The van der Waals surface area contributed by atoms with Crippen LogP contribution in [-0.4, -0.2) is 70.7 Å². The highest BCUT2D eigenvalue weighted by atomic mass is 16.6. The maximum atomic E-state index is 11.3. The van der Waals surface area contributed by atoms with Gasteiger partial charge in [0.2, 0.25) is 0 Å². The van der Waals surface area contributed by atoms with Gasteiger partial charge < -0.3 is 29.2 Å². The third kappa shape index (κ3) is 4.90. The lowest BCUT2D eigenvalue weighted by Gasteiger charge is -2.44. The molecule has 0 spiro atoms. The summed E-state index contributed by atoms with van der Waals surface area (Å²) in [4.78, 5) is 45.1. The number of esters is 4. The summed E-state index contributed by atoms with van der Waals surface area (Å²) < 4.78 is 19.8. The number of hydrogen-bond donors (Lipinski definition) is 2. The number of rotatable bonds is 4. The van der Waals surface area contributed by atoms with Crippen molar-refractivity contribution in [2.45, 2.75) is 64.3 Å². The zero-order chi connectivity index (χ0) is 18.6. The van der Waals surface area contributed by atoms with Crippen molar-refractivity contribution in [1.82, 2.24) is 0 Å². The van der Waals surface area contributed by atoms with Crippen LogP contribution in [0.2, 0.25) is 0 Å². The van der Waals surface area contributed by atoms with Gasteiger partial charge in [0.1, 0.15) is 12.2 Å². The normalized spacial score (nSPS) is 32.4. The van der Waals surface area contributed by atoms with Crippen LogP contribution in [0.4, 0.5) is 0 Å². The first-order chi connectivity index (χ1) is 11.0. The fourth-order valence-corrected chi connectivity index (χ4v) is 2.46. The van der Waals surface area contributed by atoms with E-state index in [9.17, 15) is 29.4 Å². The van der Waals surface area contributed by atoms with Crippen molar-refractivity contribution in [3.8, 4) is 0 Å². The summed E-state index contributed by atoms with van der Waals surface area (Å²) in [5.74, 6) is -3.29. The van der Waals surface area contributed by atoms with E-state index < -0.39 is 60.5 Å². The van der Waals surface area contributed by atoms with Crippen LogP contribution in [0.25, 0.3) is 0 Å². The molecule has 0 saturated heterocycles. The Morgan fingerprint density at radius 2 is 0.750 bits per heavy atom. The molecular weight excluding hydrogens is 328 g/mol. The standard InChI is InChI=1S/C14H20O10/c1-5(15)21-11-9(19)10(20)12(22-6(2)16)14(24-8(4)18)13(11)23-7(3)17/h9-14,19-20H,1-4H3/t9-,10+,11-,12-,13+,14+/m0/s1. The molecule has 0 aromatic heterocycles. The molecule has 0 heterocycles. The molecule has 1 rings (SSSR count). The summed E-state index contributed by atoms with van der Waals surface area (Å²) in [6.07, 6.45) is -9.46. The van der Waals surface area contributed by atoms with E-state index in [2.05, 4.69) is 0 Å². The van der Waals surface area contributed by atoms with Gasteiger partial charge in [-0.1, -0.05) is 0 Å². The number of ether oxygens (including phenoxy) is 4. The molecule has 0 amide bonds. The minimum atomic E-state index is -1.74. The lowest BCUT2D eigenvalue weighted by molar-refractivity contribution is -0.251. The summed E-state index contributed by atoms with van der Waals surface area (Å²) in [6, 6.07) is 0. The van der Waals surface area contributed by atoms with E-state index in [-0.39, 0.29) is 0 Å². The third-order valence-corrected chi connectivity index (χ3v) is 3.20. The van der Waals surface area contributed by atoms with E-state index in [0.29, 0.717) is 0 Å². The molecular formula is C14H20O10. The fourth-order valence-electron chi connectivity index (χ4n) is 2.46. The van der Waals surface area contributed by atoms with Gasteiger partial charge in [-0.25, -0.2) is 0 Å². The van der Waals surface area contributed by atoms with Crippen molar-refractivity contribution < 1.29 is 48.3 Å². The first-order valence-corrected chi connectivity index (χ1v) is 7.09. The Morgan fingerprint density at radius 1 is 0.542 bits per heavy atom. The molecule has 0 aromatic carbocycles. The number of carbonyl (C=O) groups excluding carboxylic acids is 4. The summed E-state index contributed by atoms with van der Waals surface area (Å²) in [7, 11) is 0. The van der Waals surface area contributed by atoms with Crippen LogP contribution in [0.3, 0.4) is 0 Å². The molecule has 1 aliphatic carbocycles. The largest absolute Gasteiger partial charge is 0.456 e. The number of carbonyl (C=O) groups is 4. The predicted molar refractivity (Wildman–Crippen MR) is 74.2 cm³/mol. The molecule has 6 atom stereocenters. The molecule has 0 unspecified atom stereocenters. The van der Waals surface area contributed by atoms with E-state index in [1.54, 1.807) is 0 Å². The second-order valence-corrected chi connectivity index (χ2v) is 5.28. The molecule has 0 radical (unpaired) electrons. The minimum Gasteiger partial charge on any atom is -0.456 e. The van der Waals surface area contributed by atoms with Crippen molar-refractivity contribution in [3.63, 3.8) is 0 Å². The van der Waals surface area contributed by atoms with Gasteiger partial charge in [-0.05, 0) is 0 Å². The van der Waals surface area contributed by atoms with Gasteiger partial charge >= 0.3 is 23.9 Å². The average Bonchev–Trinajstić information content (AvgIpc) is 2.42. The van der Waals surface area contributed by atoms with Gasteiger partial charge in [-0.15, -0.1) is 0 Å². The van der Waals surface area contributed by atoms with E-state index in [0.717, 1.165) is 27.7 Å². The van der Waals surface area contributed by atoms with Crippen LogP contribution in [0.15, 0.2) is 0 Å². The van der Waals surface area contributed by atoms with Gasteiger partial charge in [-0.3, -0.25) is 19.2 Å². The van der Waals surface area contributed by atoms with Crippen LogP contribution in [0.1, 0.15) is 27.7 Å². The Balaban J connectivity index is 3.28. The zero-order valence-corrected chi connectivity index (χ0v) is 13.6. The molecule has 2 N–H and O–H groups in total. The molecule has 1 aliphatic rings. The Bertz CT molecular complexity index is 470. The monoisotopic (exact) mass is 348 g/mol. The molecule has 0 aromatic rings. The Hall–Kier alpha value is -2.20. The van der Waals surface area contributed by atoms with Crippen molar-refractivity contribution in [3.05, 3.63) is 0 Å². The van der Waals surface area contributed by atoms with Gasteiger partial charge in [0.05, 0.1) is 0 Å². The maximum absolute atomic E-state index is 11.3. The van der Waals surface area contributed by atoms with Crippen molar-refractivity contribution in [2.24, 2.45) is 0 Å². The van der Waals surface area contributed by atoms with Crippen LogP contribution in [0.5, 0.6) is 0 Å². The fraction of sp³-hybridized carbons (Fsp3) is 0.714. The van der Waals surface area contributed by atoms with Crippen LogP contribution >= 0.6 is 0 Å². The van der Waals surface area contributed by atoms with Crippen molar-refractivity contribution in [2.75, 3.05) is 0 Å². The lowest BCUT2D eigenvalue weighted by Crippen LogP contribution is -2.67. The summed E-state index contributed by atoms with van der Waals surface area (Å²) in [6.45, 7) is 4.19. The van der Waals surface area contributed by atoms with Crippen LogP contribution < -0.4 is 0 Å². The number of aliphatic hydroxyl groups is 2. The Labute approximate surface area is 137 Å². The average molecular weight is 348 g/mol. The first-order valence-electron chi connectivity index (χ1n) is 7.09. The predicted octanol–water partition coefficient (Wildman–Crippen LogP) is -1.55. The van der Waals surface area contributed by atoms with E-state index in [4.69, 9.17) is 18.9 Å². The third-order valence-electron chi connectivity index (χ3n) is 3.20. The number of aliphatic hydroxyl groups excluding tert-OH is 2. The SMILES string of the molecule is CC(=O)O[C@H]1[C@H](OC(C)=O)[C@@H](OC(C)=O)[C@@H](O)[C@@H](O)[C@@H]1OC(C)=O. The molecule has 24 heavy (non-hydrogen) atoms. The molecule has 136 valence electrons. The Kier molecular flexibility index (Phi) is 6.67. The maximum Gasteiger partial charge on any atom is 0.303 e. The summed E-state index contributed by atoms with van der Waals surface area (Å²) >= 11 is 0. The second kappa shape index (κ2) is 8.06. The van der Waals surface area contributed by atoms with Gasteiger partial charge in [0.25, 0.3) is 0 Å². The highest BCUT2D eigenvalue weighted by molar-refractivity contribution is 5.69. The number of hydrogen-bond acceptors (Lipinski definition) is 10. The first kappa shape index (κ1) is 19.8. The molecule has 0 aliphatic heterocycles. The van der Waals surface area contributed by atoms with E-state index in [1.165, 1.54) is 0 Å². The summed E-state index contributed by atoms with van der Waals surface area (Å²) in [5, 5.41) is 20.3. The van der Waals surface area contributed by atoms with Gasteiger partial charge in [0.15, 0.2) is 24.4 Å². The summed E-state index contributed by atoms with van der Waals surface area (Å²) in [5.41, 5.74) is 0. The second-order valence-electron chi connectivity index (χ2n) is 5.28. The van der Waals surface area contributed by atoms with Crippen LogP contribution in [0, 0.1) is 0 Å². The van der Waals surface area contributed by atoms with Crippen molar-refractivity contribution in [1.29, 1.82) is 0 Å². The van der Waals surface area contributed by atoms with E-state index >= 15 is 0 Å². The zero-order valence-electron chi connectivity index (χ0n) is 13.6. The highest BCUT2D eigenvalue weighted by Crippen LogP contribution is 2.30.